The number of nitrogens with one attached hydrogen (secondary N) is 1. The third-order valence-electron chi connectivity index (χ3n) is 2.90. The van der Waals surface area contributed by atoms with Crippen LogP contribution in [0.15, 0.2) is 35.3 Å². The molecule has 3 N–H and O–H groups in total. The first-order chi connectivity index (χ1) is 8.75. The summed E-state index contributed by atoms with van der Waals surface area (Å²) in [5.41, 5.74) is 6.75. The average Bonchev–Trinajstić information content (AvgIpc) is 2.91. The van der Waals surface area contributed by atoms with Crippen LogP contribution < -0.4 is 11.1 Å². The monoisotopic (exact) mass is 282 g/mol. The number of nitrogens with two attached hydrogens (primary N) is 1. The zero-order valence-corrected chi connectivity index (χ0v) is 11.5. The fraction of sp³-hybridized carbons (Fsp3) is 0.385. The Morgan fingerprint density at radius 2 is 1.89 bits per heavy atom. The normalized spacial score (nSPS) is 14.9. The van der Waals surface area contributed by atoms with Crippen LogP contribution in [-0.2, 0) is 6.54 Å². The van der Waals surface area contributed by atoms with E-state index >= 15 is 0 Å². The number of guanidine groups is 1. The Morgan fingerprint density at radius 1 is 1.26 bits per heavy atom. The summed E-state index contributed by atoms with van der Waals surface area (Å²) >= 11 is 0. The number of carbonyl (C=O) groups excluding carboxylic acids is 1. The highest BCUT2D eigenvalue weighted by Gasteiger charge is 2.17. The first kappa shape index (κ1) is 15.3. The van der Waals surface area contributed by atoms with Gasteiger partial charge in [0.1, 0.15) is 0 Å². The van der Waals surface area contributed by atoms with Gasteiger partial charge < -0.3 is 10.6 Å². The number of carbonyl (C=O) groups is 1. The lowest BCUT2D eigenvalue weighted by atomic mass is 10.2. The van der Waals surface area contributed by atoms with E-state index < -0.39 is 0 Å². The van der Waals surface area contributed by atoms with E-state index in [1.54, 1.807) is 4.90 Å². The molecule has 6 heteroatoms. The predicted molar refractivity (Wildman–Crippen MR) is 78.4 cm³/mol. The third-order valence-corrected chi connectivity index (χ3v) is 2.90. The van der Waals surface area contributed by atoms with Gasteiger partial charge in [-0.25, -0.2) is 9.79 Å². The zero-order chi connectivity index (χ0) is 12.8. The van der Waals surface area contributed by atoms with Crippen molar-refractivity contribution in [1.82, 2.24) is 10.2 Å². The van der Waals surface area contributed by atoms with Gasteiger partial charge in [-0.05, 0) is 18.4 Å². The van der Waals surface area contributed by atoms with Crippen LogP contribution >= 0.6 is 12.4 Å². The summed E-state index contributed by atoms with van der Waals surface area (Å²) in [6.45, 7) is 2.09. The molecule has 0 aromatic heterocycles. The Balaban J connectivity index is 0.00000180. The van der Waals surface area contributed by atoms with Crippen LogP contribution in [0.1, 0.15) is 18.4 Å². The number of benzene rings is 1. The summed E-state index contributed by atoms with van der Waals surface area (Å²) < 4.78 is 0. The Hall–Kier alpha value is -1.75. The Kier molecular flexibility index (Phi) is 6.15. The molecule has 1 saturated heterocycles. The van der Waals surface area contributed by atoms with Crippen molar-refractivity contribution in [2.45, 2.75) is 19.4 Å². The number of aliphatic imine (C=N–C) groups is 1. The van der Waals surface area contributed by atoms with Gasteiger partial charge in [-0.15, -0.1) is 12.4 Å². The first-order valence-electron chi connectivity index (χ1n) is 6.15. The van der Waals surface area contributed by atoms with Crippen LogP contribution in [0.25, 0.3) is 0 Å². The minimum absolute atomic E-state index is 0. The number of likely N-dealkylation sites (tertiary alicyclic amines) is 1. The van der Waals surface area contributed by atoms with Crippen molar-refractivity contribution in [1.29, 1.82) is 0 Å². The maximum Gasteiger partial charge on any atom is 0.324 e. The molecule has 0 radical (unpaired) electrons. The predicted octanol–water partition coefficient (Wildman–Crippen LogP) is 1.73. The number of nitrogens with zero attached hydrogens (tertiary/aromatic N) is 2. The second kappa shape index (κ2) is 7.63. The summed E-state index contributed by atoms with van der Waals surface area (Å²) in [5, 5.41) is 2.61. The smallest absolute Gasteiger partial charge is 0.324 e. The van der Waals surface area contributed by atoms with Gasteiger partial charge in [0.15, 0.2) is 5.96 Å². The molecule has 1 aliphatic heterocycles. The van der Waals surface area contributed by atoms with Gasteiger partial charge in [0, 0.05) is 13.1 Å². The van der Waals surface area contributed by atoms with E-state index in [1.165, 1.54) is 0 Å². The maximum absolute atomic E-state index is 11.7. The quantitative estimate of drug-likeness (QED) is 0.640. The van der Waals surface area contributed by atoms with Crippen molar-refractivity contribution in [2.24, 2.45) is 10.7 Å². The zero-order valence-electron chi connectivity index (χ0n) is 10.7. The van der Waals surface area contributed by atoms with Gasteiger partial charge in [-0.3, -0.25) is 5.32 Å². The number of urea groups is 1. The van der Waals surface area contributed by atoms with Crippen LogP contribution in [-0.4, -0.2) is 30.0 Å². The molecule has 2 amide bonds. The summed E-state index contributed by atoms with van der Waals surface area (Å²) in [6, 6.07) is 9.64. The van der Waals surface area contributed by atoms with E-state index in [0.717, 1.165) is 31.5 Å². The standard InChI is InChI=1S/C13H18N4O.ClH/c14-12(15-10-11-6-2-1-3-7-11)16-13(18)17-8-4-5-9-17;/h1-3,6-7H,4-5,8-10H2,(H3,14,15,16,18);1H. The summed E-state index contributed by atoms with van der Waals surface area (Å²) in [7, 11) is 0. The molecule has 1 aliphatic rings. The molecular formula is C13H19ClN4O. The maximum atomic E-state index is 11.7. The lowest BCUT2D eigenvalue weighted by molar-refractivity contribution is 0.214. The van der Waals surface area contributed by atoms with Gasteiger partial charge >= 0.3 is 6.03 Å². The van der Waals surface area contributed by atoms with E-state index in [4.69, 9.17) is 5.73 Å². The lowest BCUT2D eigenvalue weighted by Gasteiger charge is -2.15. The molecule has 0 aliphatic carbocycles. The number of halogens is 1. The van der Waals surface area contributed by atoms with Crippen LogP contribution in [0.2, 0.25) is 0 Å². The topological polar surface area (TPSA) is 70.7 Å². The Morgan fingerprint density at radius 3 is 2.53 bits per heavy atom. The van der Waals surface area contributed by atoms with Crippen LogP contribution in [0.4, 0.5) is 4.79 Å². The first-order valence-corrected chi connectivity index (χ1v) is 6.15. The van der Waals surface area contributed by atoms with Crippen LogP contribution in [0.3, 0.4) is 0 Å². The molecule has 1 aromatic carbocycles. The van der Waals surface area contributed by atoms with Gasteiger partial charge in [-0.2, -0.15) is 0 Å². The minimum atomic E-state index is -0.151. The second-order valence-corrected chi connectivity index (χ2v) is 4.31. The highest BCUT2D eigenvalue weighted by Crippen LogP contribution is 2.06. The van der Waals surface area contributed by atoms with Gasteiger partial charge in [0.2, 0.25) is 0 Å². The number of hydrogen-bond donors (Lipinski definition) is 2. The van der Waals surface area contributed by atoms with E-state index in [0.29, 0.717) is 6.54 Å². The molecule has 0 spiro atoms. The Labute approximate surface area is 119 Å². The second-order valence-electron chi connectivity index (χ2n) is 4.31. The van der Waals surface area contributed by atoms with Gasteiger partial charge in [0.05, 0.1) is 6.54 Å². The van der Waals surface area contributed by atoms with Crippen molar-refractivity contribution in [3.63, 3.8) is 0 Å². The van der Waals surface area contributed by atoms with Crippen molar-refractivity contribution < 1.29 is 4.79 Å². The number of amides is 2. The van der Waals surface area contributed by atoms with Crippen LogP contribution in [0, 0.1) is 0 Å². The molecule has 2 rings (SSSR count). The van der Waals surface area contributed by atoms with Gasteiger partial charge in [0.25, 0.3) is 0 Å². The molecule has 5 nitrogen and oxygen atoms in total. The van der Waals surface area contributed by atoms with Crippen molar-refractivity contribution in [2.75, 3.05) is 13.1 Å². The molecule has 0 bridgehead atoms. The van der Waals surface area contributed by atoms with Crippen molar-refractivity contribution in [3.8, 4) is 0 Å². The molecule has 0 atom stereocenters. The minimum Gasteiger partial charge on any atom is -0.370 e. The molecule has 1 aromatic rings. The third kappa shape index (κ3) is 4.79. The fourth-order valence-corrected chi connectivity index (χ4v) is 1.91. The van der Waals surface area contributed by atoms with E-state index in [2.05, 4.69) is 10.3 Å². The fourth-order valence-electron chi connectivity index (χ4n) is 1.91. The molecule has 0 unspecified atom stereocenters. The van der Waals surface area contributed by atoms with E-state index in [1.807, 2.05) is 30.3 Å². The van der Waals surface area contributed by atoms with Crippen LogP contribution in [0.5, 0.6) is 0 Å². The molecular weight excluding hydrogens is 264 g/mol. The molecule has 1 fully saturated rings. The Bertz CT molecular complexity index is 430. The molecule has 0 saturated carbocycles. The van der Waals surface area contributed by atoms with E-state index in [9.17, 15) is 4.79 Å². The molecule has 19 heavy (non-hydrogen) atoms. The van der Waals surface area contributed by atoms with Crippen molar-refractivity contribution >= 4 is 24.4 Å². The summed E-state index contributed by atoms with van der Waals surface area (Å²) in [5.74, 6) is 0.177. The highest BCUT2D eigenvalue weighted by molar-refractivity contribution is 5.95. The summed E-state index contributed by atoms with van der Waals surface area (Å²) in [6.07, 6.45) is 2.13. The highest BCUT2D eigenvalue weighted by atomic mass is 35.5. The van der Waals surface area contributed by atoms with E-state index in [-0.39, 0.29) is 24.4 Å². The SMILES string of the molecule is Cl.NC(=NCc1ccccc1)NC(=O)N1CCCC1. The number of rotatable bonds is 2. The van der Waals surface area contributed by atoms with Gasteiger partial charge in [-0.1, -0.05) is 30.3 Å². The largest absolute Gasteiger partial charge is 0.370 e. The number of hydrogen-bond acceptors (Lipinski definition) is 2. The lowest BCUT2D eigenvalue weighted by Crippen LogP contribution is -2.44. The van der Waals surface area contributed by atoms with Crippen molar-refractivity contribution in [3.05, 3.63) is 35.9 Å². The average molecular weight is 283 g/mol. The summed E-state index contributed by atoms with van der Waals surface area (Å²) in [4.78, 5) is 17.6. The molecule has 1 heterocycles. The molecule has 104 valence electrons.